The fourth-order valence-corrected chi connectivity index (χ4v) is 4.04. The smallest absolute Gasteiger partial charge is 0.241 e. The van der Waals surface area contributed by atoms with Crippen molar-refractivity contribution in [3.05, 3.63) is 29.8 Å². The highest BCUT2D eigenvalue weighted by Crippen LogP contribution is 2.18. The molecular weight excluding hydrogens is 364 g/mol. The molecule has 0 aliphatic heterocycles. The quantitative estimate of drug-likeness (QED) is 0.319. The summed E-state index contributed by atoms with van der Waals surface area (Å²) in [4.78, 5) is 4.79. The second-order valence-electron chi connectivity index (χ2n) is 7.14. The fraction of sp³-hybridized carbons (Fsp3) is 0.632. The number of ether oxygens (including phenoxy) is 1. The summed E-state index contributed by atoms with van der Waals surface area (Å²) in [6.45, 7) is 12.6. The zero-order chi connectivity index (χ0) is 20.3. The van der Waals surface area contributed by atoms with E-state index in [0.29, 0.717) is 24.7 Å². The Kier molecular flexibility index (Phi) is 9.76. The minimum atomic E-state index is -3.61. The molecule has 1 aromatic carbocycles. The van der Waals surface area contributed by atoms with Crippen LogP contribution in [0, 0.1) is 0 Å². The first kappa shape index (κ1) is 23.4. The number of rotatable bonds is 10. The molecule has 0 aromatic heterocycles. The summed E-state index contributed by atoms with van der Waals surface area (Å²) in [5, 5.41) is 6.41. The first-order valence-corrected chi connectivity index (χ1v) is 10.9. The predicted molar refractivity (Wildman–Crippen MR) is 110 cm³/mol. The van der Waals surface area contributed by atoms with Crippen LogP contribution in [-0.4, -0.2) is 46.2 Å². The van der Waals surface area contributed by atoms with Gasteiger partial charge in [0.15, 0.2) is 5.96 Å². The van der Waals surface area contributed by atoms with Crippen molar-refractivity contribution >= 4 is 16.0 Å². The van der Waals surface area contributed by atoms with Crippen LogP contribution < -0.4 is 15.4 Å². The molecule has 0 spiro atoms. The molecule has 0 atom stereocenters. The summed E-state index contributed by atoms with van der Waals surface area (Å²) in [5.41, 5.74) is 0.104. The maximum atomic E-state index is 12.7. The van der Waals surface area contributed by atoms with Crippen LogP contribution in [0.5, 0.6) is 0 Å². The summed E-state index contributed by atoms with van der Waals surface area (Å²) < 4.78 is 33.4. The number of guanidine groups is 1. The Morgan fingerprint density at radius 2 is 1.85 bits per heavy atom. The van der Waals surface area contributed by atoms with Crippen molar-refractivity contribution < 1.29 is 13.2 Å². The second kappa shape index (κ2) is 11.3. The van der Waals surface area contributed by atoms with Gasteiger partial charge in [0.05, 0.1) is 11.4 Å². The molecule has 154 valence electrons. The monoisotopic (exact) mass is 398 g/mol. The van der Waals surface area contributed by atoms with Gasteiger partial charge >= 0.3 is 0 Å². The average molecular weight is 399 g/mol. The normalized spacial score (nSPS) is 12.9. The molecule has 0 amide bonds. The van der Waals surface area contributed by atoms with Crippen LogP contribution in [0.4, 0.5) is 0 Å². The highest BCUT2D eigenvalue weighted by atomic mass is 32.2. The number of nitrogens with zero attached hydrogens (tertiary/aromatic N) is 1. The second-order valence-corrected chi connectivity index (χ2v) is 8.79. The Hall–Kier alpha value is -1.64. The maximum Gasteiger partial charge on any atom is 0.241 e. The summed E-state index contributed by atoms with van der Waals surface area (Å²) in [7, 11) is -3.61. The van der Waals surface area contributed by atoms with Crippen LogP contribution in [0.25, 0.3) is 0 Å². The van der Waals surface area contributed by atoms with Gasteiger partial charge in [-0.2, -0.15) is 0 Å². The number of hydrogen-bond donors (Lipinski definition) is 3. The summed E-state index contributed by atoms with van der Waals surface area (Å²) in [6.07, 6.45) is 0.874. The molecule has 0 radical (unpaired) electrons. The van der Waals surface area contributed by atoms with Gasteiger partial charge in [0.1, 0.15) is 0 Å². The summed E-state index contributed by atoms with van der Waals surface area (Å²) in [6, 6.07) is 6.95. The molecular formula is C19H34N4O3S. The molecule has 0 heterocycles. The number of sulfonamides is 1. The zero-order valence-electron chi connectivity index (χ0n) is 17.1. The first-order valence-electron chi connectivity index (χ1n) is 9.41. The topological polar surface area (TPSA) is 91.8 Å². The third-order valence-corrected chi connectivity index (χ3v) is 5.27. The van der Waals surface area contributed by atoms with Gasteiger partial charge in [-0.1, -0.05) is 18.2 Å². The fourth-order valence-electron chi connectivity index (χ4n) is 2.39. The molecule has 0 saturated carbocycles. The van der Waals surface area contributed by atoms with Gasteiger partial charge in [-0.15, -0.1) is 0 Å². The average Bonchev–Trinajstić information content (AvgIpc) is 2.57. The van der Waals surface area contributed by atoms with Crippen molar-refractivity contribution in [2.24, 2.45) is 4.99 Å². The lowest BCUT2D eigenvalue weighted by Gasteiger charge is -2.21. The van der Waals surface area contributed by atoms with Gasteiger partial charge < -0.3 is 15.4 Å². The van der Waals surface area contributed by atoms with E-state index in [1.54, 1.807) is 18.2 Å². The molecule has 0 aliphatic rings. The zero-order valence-corrected chi connectivity index (χ0v) is 17.9. The highest BCUT2D eigenvalue weighted by Gasteiger charge is 2.24. The van der Waals surface area contributed by atoms with Crippen LogP contribution in [0.15, 0.2) is 34.2 Å². The molecule has 0 fully saturated rings. The number of hydrogen-bond acceptors (Lipinski definition) is 4. The van der Waals surface area contributed by atoms with E-state index in [1.807, 2.05) is 40.7 Å². The van der Waals surface area contributed by atoms with E-state index in [0.717, 1.165) is 19.5 Å². The molecule has 0 bridgehead atoms. The lowest BCUT2D eigenvalue weighted by molar-refractivity contribution is 0.145. The van der Waals surface area contributed by atoms with Crippen molar-refractivity contribution in [2.75, 3.05) is 26.3 Å². The van der Waals surface area contributed by atoms with Crippen molar-refractivity contribution in [1.29, 1.82) is 0 Å². The van der Waals surface area contributed by atoms with Gasteiger partial charge in [0.25, 0.3) is 0 Å². The minimum Gasteiger partial charge on any atom is -0.382 e. The third-order valence-electron chi connectivity index (χ3n) is 3.42. The number of nitrogens with one attached hydrogen (secondary N) is 3. The first-order chi connectivity index (χ1) is 12.7. The Balaban J connectivity index is 2.88. The van der Waals surface area contributed by atoms with Crippen molar-refractivity contribution in [1.82, 2.24) is 15.4 Å². The molecule has 1 rings (SSSR count). The Morgan fingerprint density at radius 1 is 1.15 bits per heavy atom. The van der Waals surface area contributed by atoms with Gasteiger partial charge in [-0.25, -0.2) is 18.1 Å². The number of benzene rings is 1. The SMILES string of the molecule is CCNC(=NCc1ccccc1S(=O)(=O)NC(C)(C)C)NCCCOCC. The molecule has 27 heavy (non-hydrogen) atoms. The highest BCUT2D eigenvalue weighted by molar-refractivity contribution is 7.89. The van der Waals surface area contributed by atoms with Crippen LogP contribution in [0.2, 0.25) is 0 Å². The predicted octanol–water partition coefficient (Wildman–Crippen LogP) is 2.25. The van der Waals surface area contributed by atoms with Crippen molar-refractivity contribution in [3.63, 3.8) is 0 Å². The van der Waals surface area contributed by atoms with E-state index < -0.39 is 15.6 Å². The van der Waals surface area contributed by atoms with Crippen LogP contribution >= 0.6 is 0 Å². The molecule has 1 aromatic rings. The third kappa shape index (κ3) is 9.21. The lowest BCUT2D eigenvalue weighted by Crippen LogP contribution is -2.40. The van der Waals surface area contributed by atoms with Crippen LogP contribution in [0.3, 0.4) is 0 Å². The van der Waals surface area contributed by atoms with E-state index in [4.69, 9.17) is 4.74 Å². The Labute approximate surface area is 164 Å². The Bertz CT molecular complexity index is 697. The lowest BCUT2D eigenvalue weighted by atomic mass is 10.1. The van der Waals surface area contributed by atoms with Gasteiger partial charge in [-0.05, 0) is 52.7 Å². The van der Waals surface area contributed by atoms with E-state index >= 15 is 0 Å². The summed E-state index contributed by atoms with van der Waals surface area (Å²) in [5.74, 6) is 0.657. The number of aliphatic imine (C=N–C) groups is 1. The summed E-state index contributed by atoms with van der Waals surface area (Å²) >= 11 is 0. The molecule has 0 unspecified atom stereocenters. The Morgan fingerprint density at radius 3 is 2.48 bits per heavy atom. The molecule has 8 heteroatoms. The molecule has 3 N–H and O–H groups in total. The van der Waals surface area contributed by atoms with E-state index in [9.17, 15) is 8.42 Å². The molecule has 0 saturated heterocycles. The van der Waals surface area contributed by atoms with E-state index in [2.05, 4.69) is 20.3 Å². The van der Waals surface area contributed by atoms with Crippen LogP contribution in [0.1, 0.15) is 46.6 Å². The van der Waals surface area contributed by atoms with Crippen molar-refractivity contribution in [3.8, 4) is 0 Å². The molecule has 0 aliphatic carbocycles. The standard InChI is InChI=1S/C19H34N4O3S/c1-6-20-18(21-13-10-14-26-7-2)22-15-16-11-8-9-12-17(16)27(24,25)23-19(3,4)5/h8-9,11-12,23H,6-7,10,13-15H2,1-5H3,(H2,20,21,22). The van der Waals surface area contributed by atoms with Gasteiger partial charge in [0, 0.05) is 31.8 Å². The maximum absolute atomic E-state index is 12.7. The minimum absolute atomic E-state index is 0.260. The van der Waals surface area contributed by atoms with Gasteiger partial charge in [0.2, 0.25) is 10.0 Å². The van der Waals surface area contributed by atoms with E-state index in [-0.39, 0.29) is 11.4 Å². The molecule has 7 nitrogen and oxygen atoms in total. The largest absolute Gasteiger partial charge is 0.382 e. The van der Waals surface area contributed by atoms with Gasteiger partial charge in [-0.3, -0.25) is 0 Å². The van der Waals surface area contributed by atoms with Crippen LogP contribution in [-0.2, 0) is 21.3 Å². The van der Waals surface area contributed by atoms with Crippen molar-refractivity contribution in [2.45, 2.75) is 58.0 Å². The van der Waals surface area contributed by atoms with E-state index in [1.165, 1.54) is 0 Å².